The van der Waals surface area contributed by atoms with E-state index in [1.54, 1.807) is 0 Å². The van der Waals surface area contributed by atoms with E-state index in [0.717, 1.165) is 168 Å². The number of aromatic amines is 2. The van der Waals surface area contributed by atoms with Gasteiger partial charge >= 0.3 is 17.1 Å². The normalized spacial score (nSPS) is 12.7. The molecule has 0 saturated heterocycles. The van der Waals surface area contributed by atoms with Gasteiger partial charge < -0.3 is 9.97 Å². The number of rotatable bonds is 4. The van der Waals surface area contributed by atoms with E-state index < -0.39 is 0 Å². The number of hydrogen-bond donors (Lipinski definition) is 2. The van der Waals surface area contributed by atoms with E-state index in [4.69, 9.17) is 9.97 Å². The van der Waals surface area contributed by atoms with Crippen LogP contribution >= 0.6 is 127 Å². The summed E-state index contributed by atoms with van der Waals surface area (Å²) in [6.45, 7) is 0. The van der Waals surface area contributed by atoms with Gasteiger partial charge in [0.2, 0.25) is 0 Å². The molecule has 0 aliphatic carbocycles. The first-order chi connectivity index (χ1) is 35.0. The molecule has 8 bridgehead atoms. The van der Waals surface area contributed by atoms with Gasteiger partial charge in [-0.1, -0.05) is 146 Å². The fraction of sp³-hybridized carbons (Fsp3) is 0. The van der Waals surface area contributed by atoms with E-state index in [1.807, 2.05) is 0 Å². The van der Waals surface area contributed by atoms with Crippen LogP contribution in [0.4, 0.5) is 0 Å². The van der Waals surface area contributed by atoms with Gasteiger partial charge in [0.05, 0.1) is 80.7 Å². The number of nitrogens with one attached hydrogen (secondary N) is 2. The van der Waals surface area contributed by atoms with Crippen LogP contribution in [0.15, 0.2) is 188 Å². The van der Waals surface area contributed by atoms with Crippen molar-refractivity contribution in [3.05, 3.63) is 211 Å². The second-order valence-corrected chi connectivity index (χ2v) is 24.0. The molecule has 8 aromatic carbocycles. The first kappa shape index (κ1) is 49.6. The van der Waals surface area contributed by atoms with Crippen molar-refractivity contribution in [1.29, 1.82) is 0 Å². The largest absolute Gasteiger partial charge is 2.00 e. The molecule has 1 radical (unpaired) electrons. The molecule has 0 amide bonds. The molecule has 3 aromatic heterocycles. The molecule has 0 fully saturated rings. The Balaban J connectivity index is 0.00000543. The maximum atomic E-state index is 5.76. The van der Waals surface area contributed by atoms with Gasteiger partial charge in [-0.05, 0) is 217 Å². The second kappa shape index (κ2) is 19.7. The summed E-state index contributed by atoms with van der Waals surface area (Å²) < 4.78 is 6.56. The zero-order valence-corrected chi connectivity index (χ0v) is 51.3. The predicted molar refractivity (Wildman–Crippen MR) is 333 cm³/mol. The van der Waals surface area contributed by atoms with Gasteiger partial charge in [0.15, 0.2) is 0 Å². The van der Waals surface area contributed by atoms with Crippen LogP contribution in [0.2, 0.25) is 0 Å². The van der Waals surface area contributed by atoms with Crippen LogP contribution in [-0.4, -0.2) is 19.9 Å². The molecule has 5 heterocycles. The summed E-state index contributed by atoms with van der Waals surface area (Å²) in [7, 11) is 0. The van der Waals surface area contributed by atoms with Gasteiger partial charge in [0, 0.05) is 22.3 Å². The van der Waals surface area contributed by atoms with Crippen molar-refractivity contribution in [3.8, 4) is 44.5 Å². The third kappa shape index (κ3) is 8.31. The van der Waals surface area contributed by atoms with E-state index in [2.05, 4.69) is 307 Å². The number of halogens is 8. The van der Waals surface area contributed by atoms with E-state index in [1.165, 1.54) is 0 Å². The molecule has 11 aromatic rings. The minimum atomic E-state index is 0. The summed E-state index contributed by atoms with van der Waals surface area (Å²) in [6.07, 6.45) is 0. The quantitative estimate of drug-likeness (QED) is 0.173. The number of benzene rings is 8. The molecular formula is C60H30Br8MnN4+2. The molecule has 2 aliphatic rings. The van der Waals surface area contributed by atoms with Crippen molar-refractivity contribution in [2.75, 3.05) is 0 Å². The molecule has 73 heavy (non-hydrogen) atoms. The monoisotopic (exact) mass is 1490 g/mol. The van der Waals surface area contributed by atoms with Gasteiger partial charge in [-0.2, -0.15) is 0 Å². The number of hydrogen-bond acceptors (Lipinski definition) is 2. The Kier molecular flexibility index (Phi) is 13.4. The molecule has 13 rings (SSSR count). The fourth-order valence-corrected chi connectivity index (χ4v) is 14.0. The maximum Gasteiger partial charge on any atom is 2.00 e. The Morgan fingerprint density at radius 2 is 0.466 bits per heavy atom. The number of fused-ring (bicyclic) bond motifs is 12. The van der Waals surface area contributed by atoms with E-state index in [0.29, 0.717) is 0 Å². The standard InChI is InChI=1S/C60H30Br8N4.Mn/c61-45-47(63)55-42(38-22-18-30-10-2-6-14-34(30)26-38)57-49(65)51(67)59(71-57)44(40-24-20-32-12-4-8-16-36(32)28-40)60-52(68)50(66)58(72-60)43(39-23-19-31-11-3-7-15-35(31)27-39)56-48(64)46(62)54(70-56)41(53(45)69-55)37-21-17-29-9-1-5-13-33(29)25-37;/h1-28,69,72H;/q;+2. The van der Waals surface area contributed by atoms with E-state index in [9.17, 15) is 0 Å². The van der Waals surface area contributed by atoms with Crippen LogP contribution in [0, 0.1) is 0 Å². The molecular weight excluding hydrogens is 1470 g/mol. The maximum absolute atomic E-state index is 5.76. The van der Waals surface area contributed by atoms with E-state index in [-0.39, 0.29) is 17.1 Å². The zero-order valence-electron chi connectivity index (χ0n) is 37.5. The Labute approximate surface area is 496 Å². The Hall–Kier alpha value is -4.24. The third-order valence-electron chi connectivity index (χ3n) is 13.5. The minimum Gasteiger partial charge on any atom is -0.352 e. The zero-order chi connectivity index (χ0) is 49.1. The summed E-state index contributed by atoms with van der Waals surface area (Å²) in [5.74, 6) is 0. The van der Waals surface area contributed by atoms with Crippen LogP contribution in [-0.2, 0) is 17.1 Å². The van der Waals surface area contributed by atoms with Gasteiger partial charge in [-0.25, -0.2) is 9.97 Å². The summed E-state index contributed by atoms with van der Waals surface area (Å²) >= 11 is 33.2. The Morgan fingerprint density at radius 1 is 0.260 bits per heavy atom. The number of H-pyrrole nitrogens is 2. The second-order valence-electron chi connectivity index (χ2n) is 17.6. The molecule has 0 atom stereocenters. The minimum absolute atomic E-state index is 0. The van der Waals surface area contributed by atoms with Crippen molar-refractivity contribution in [3.63, 3.8) is 0 Å². The van der Waals surface area contributed by atoms with E-state index >= 15 is 0 Å². The van der Waals surface area contributed by atoms with Crippen LogP contribution in [0.3, 0.4) is 0 Å². The van der Waals surface area contributed by atoms with Crippen molar-refractivity contribution < 1.29 is 17.1 Å². The van der Waals surface area contributed by atoms with Gasteiger partial charge in [-0.3, -0.25) is 0 Å². The van der Waals surface area contributed by atoms with Gasteiger partial charge in [0.25, 0.3) is 0 Å². The third-order valence-corrected chi connectivity index (χ3v) is 21.9. The van der Waals surface area contributed by atoms with Crippen molar-refractivity contribution in [2.24, 2.45) is 0 Å². The molecule has 13 heteroatoms. The smallest absolute Gasteiger partial charge is 0.352 e. The molecule has 351 valence electrons. The summed E-state index contributed by atoms with van der Waals surface area (Å²) in [5.41, 5.74) is 13.8. The molecule has 4 nitrogen and oxygen atoms in total. The molecule has 2 aliphatic heterocycles. The van der Waals surface area contributed by atoms with Crippen molar-refractivity contribution in [2.45, 2.75) is 0 Å². The van der Waals surface area contributed by atoms with Crippen LogP contribution in [0.1, 0.15) is 22.8 Å². The molecule has 0 unspecified atom stereocenters. The van der Waals surface area contributed by atoms with Crippen molar-refractivity contribution in [1.82, 2.24) is 19.9 Å². The summed E-state index contributed by atoms with van der Waals surface area (Å²) in [5, 5.41) is 9.01. The predicted octanol–water partition coefficient (Wildman–Crippen LogP) is 21.9. The Bertz CT molecular complexity index is 3900. The van der Waals surface area contributed by atoms with Gasteiger partial charge in [0.1, 0.15) is 0 Å². The van der Waals surface area contributed by atoms with Gasteiger partial charge in [-0.15, -0.1) is 0 Å². The first-order valence-corrected chi connectivity index (χ1v) is 29.0. The summed E-state index contributed by atoms with van der Waals surface area (Å²) in [4.78, 5) is 19.5. The molecule has 2 N–H and O–H groups in total. The SMILES string of the molecule is BrC1=C(Br)c2nc1c(-c1ccc3ccccc3c1)c1[nH]c(c(Br)c1Br)c(-c1ccc3ccccc3c1)c1nc(c(-c3ccc4ccccc4c3)c3[nH]c(c(Br)c3Br)c2-c2ccc3ccccc3c2)C(Br)=C1Br.[Mn+2]. The van der Waals surface area contributed by atoms with Crippen LogP contribution in [0.25, 0.3) is 128 Å². The van der Waals surface area contributed by atoms with Crippen LogP contribution in [0.5, 0.6) is 0 Å². The average Bonchev–Trinajstić information content (AvgIpc) is 4.07. The van der Waals surface area contributed by atoms with Crippen LogP contribution < -0.4 is 0 Å². The first-order valence-electron chi connectivity index (χ1n) is 22.7. The Morgan fingerprint density at radius 3 is 0.685 bits per heavy atom. The topological polar surface area (TPSA) is 57.4 Å². The average molecular weight is 1500 g/mol. The number of nitrogens with zero attached hydrogens (tertiary/aromatic N) is 2. The molecule has 0 saturated carbocycles. The summed E-state index contributed by atoms with van der Waals surface area (Å²) in [6, 6.07) is 60.2. The fourth-order valence-electron chi connectivity index (χ4n) is 10.1. The number of aromatic nitrogens is 4. The molecule has 0 spiro atoms. The van der Waals surface area contributed by atoms with Crippen molar-refractivity contribution >= 4 is 211 Å².